The lowest BCUT2D eigenvalue weighted by Crippen LogP contribution is -2.21. The molecule has 0 spiro atoms. The number of ketones is 1. The molecule has 0 heterocycles. The third kappa shape index (κ3) is 5.52. The monoisotopic (exact) mass is 302 g/mol. The Kier molecular flexibility index (Phi) is 7.44. The molecule has 0 amide bonds. The van der Waals surface area contributed by atoms with Crippen molar-refractivity contribution in [1.29, 1.82) is 0 Å². The van der Waals surface area contributed by atoms with Crippen LogP contribution in [0.1, 0.15) is 49.9 Å². The van der Waals surface area contributed by atoms with Crippen molar-refractivity contribution in [2.45, 2.75) is 45.6 Å². The smallest absolute Gasteiger partial charge is 0.192 e. The topological polar surface area (TPSA) is 26.3 Å². The molecule has 1 atom stereocenters. The number of hydrogen-bond acceptors (Lipinski definition) is 2. The fraction of sp³-hybridized carbons (Fsp3) is 0.533. The molecule has 1 aromatic carbocycles. The average molecular weight is 303 g/mol. The van der Waals surface area contributed by atoms with Crippen molar-refractivity contribution in [1.82, 2.24) is 0 Å². The van der Waals surface area contributed by atoms with E-state index in [0.717, 1.165) is 12.8 Å². The molecule has 4 heteroatoms. The van der Waals surface area contributed by atoms with E-state index < -0.39 is 6.10 Å². The molecule has 0 aromatic heterocycles. The predicted molar refractivity (Wildman–Crippen MR) is 80.3 cm³/mol. The third-order valence-electron chi connectivity index (χ3n) is 2.93. The summed E-state index contributed by atoms with van der Waals surface area (Å²) in [6.45, 7) is 4.53. The summed E-state index contributed by atoms with van der Waals surface area (Å²) in [5, 5.41) is 0.897. The summed E-state index contributed by atoms with van der Waals surface area (Å²) in [5.74, 6) is -0.0999. The highest BCUT2D eigenvalue weighted by Gasteiger charge is 2.18. The molecule has 1 unspecified atom stereocenters. The van der Waals surface area contributed by atoms with Gasteiger partial charge in [-0.3, -0.25) is 4.79 Å². The first kappa shape index (κ1) is 16.5. The van der Waals surface area contributed by atoms with Gasteiger partial charge in [0.05, 0.1) is 5.02 Å². The van der Waals surface area contributed by atoms with E-state index in [4.69, 9.17) is 27.9 Å². The zero-order valence-electron chi connectivity index (χ0n) is 11.4. The maximum Gasteiger partial charge on any atom is 0.192 e. The molecule has 0 fully saturated rings. The number of benzene rings is 1. The normalized spacial score (nSPS) is 12.4. The molecule has 106 valence electrons. The van der Waals surface area contributed by atoms with Gasteiger partial charge in [0.2, 0.25) is 0 Å². The minimum atomic E-state index is -0.472. The van der Waals surface area contributed by atoms with Gasteiger partial charge in [-0.2, -0.15) is 0 Å². The zero-order chi connectivity index (χ0) is 14.3. The lowest BCUT2D eigenvalue weighted by molar-refractivity contribution is 0.0464. The van der Waals surface area contributed by atoms with E-state index in [9.17, 15) is 4.79 Å². The first-order valence-corrected chi connectivity index (χ1v) is 7.42. The van der Waals surface area contributed by atoms with Crippen molar-refractivity contribution in [3.05, 3.63) is 33.8 Å². The number of rotatable bonds is 8. The highest BCUT2D eigenvalue weighted by Crippen LogP contribution is 2.22. The van der Waals surface area contributed by atoms with E-state index in [1.165, 1.54) is 12.8 Å². The second-order valence-electron chi connectivity index (χ2n) is 4.56. The number of carbonyl (C=O) groups is 1. The van der Waals surface area contributed by atoms with Crippen LogP contribution in [0.15, 0.2) is 18.2 Å². The quantitative estimate of drug-likeness (QED) is 0.489. The summed E-state index contributed by atoms with van der Waals surface area (Å²) >= 11 is 11.8. The highest BCUT2D eigenvalue weighted by atomic mass is 35.5. The molecular weight excluding hydrogens is 283 g/mol. The van der Waals surface area contributed by atoms with Gasteiger partial charge in [-0.1, -0.05) is 49.4 Å². The van der Waals surface area contributed by atoms with Crippen LogP contribution in [0.3, 0.4) is 0 Å². The van der Waals surface area contributed by atoms with E-state index in [-0.39, 0.29) is 5.78 Å². The fourth-order valence-corrected chi connectivity index (χ4v) is 2.27. The first-order chi connectivity index (χ1) is 9.06. The number of ether oxygens (including phenoxy) is 1. The van der Waals surface area contributed by atoms with Crippen LogP contribution in [0.25, 0.3) is 0 Å². The lowest BCUT2D eigenvalue weighted by Gasteiger charge is -2.13. The Morgan fingerprint density at radius 1 is 1.26 bits per heavy atom. The van der Waals surface area contributed by atoms with E-state index in [0.29, 0.717) is 22.2 Å². The molecule has 0 aliphatic heterocycles. The number of hydrogen-bond donors (Lipinski definition) is 0. The maximum atomic E-state index is 12.1. The third-order valence-corrected chi connectivity index (χ3v) is 3.48. The van der Waals surface area contributed by atoms with Crippen LogP contribution in [0.2, 0.25) is 10.0 Å². The SMILES string of the molecule is CCCCCCOC(C)C(=O)c1ccc(Cl)cc1Cl. The Hall–Kier alpha value is -0.570. The van der Waals surface area contributed by atoms with Crippen molar-refractivity contribution in [3.8, 4) is 0 Å². The fourth-order valence-electron chi connectivity index (χ4n) is 1.77. The average Bonchev–Trinajstić information content (AvgIpc) is 2.37. The summed E-state index contributed by atoms with van der Waals surface area (Å²) in [4.78, 5) is 12.1. The van der Waals surface area contributed by atoms with Gasteiger partial charge >= 0.3 is 0 Å². The van der Waals surface area contributed by atoms with Gasteiger partial charge in [0.25, 0.3) is 0 Å². The molecule has 0 saturated heterocycles. The minimum absolute atomic E-state index is 0.0999. The molecule has 0 aliphatic rings. The Bertz CT molecular complexity index is 419. The number of Topliss-reactive ketones (excluding diaryl/α,β-unsaturated/α-hetero) is 1. The minimum Gasteiger partial charge on any atom is -0.370 e. The second-order valence-corrected chi connectivity index (χ2v) is 5.41. The van der Waals surface area contributed by atoms with E-state index >= 15 is 0 Å². The van der Waals surface area contributed by atoms with E-state index in [2.05, 4.69) is 6.92 Å². The molecule has 0 radical (unpaired) electrons. The first-order valence-electron chi connectivity index (χ1n) is 6.67. The molecule has 0 saturated carbocycles. The van der Waals surface area contributed by atoms with Crippen molar-refractivity contribution in [2.24, 2.45) is 0 Å². The van der Waals surface area contributed by atoms with Gasteiger partial charge < -0.3 is 4.74 Å². The second kappa shape index (κ2) is 8.57. The lowest BCUT2D eigenvalue weighted by atomic mass is 10.1. The standard InChI is InChI=1S/C15H20Cl2O2/c1-3-4-5-6-9-19-11(2)15(18)13-8-7-12(16)10-14(13)17/h7-8,10-11H,3-6,9H2,1-2H3. The maximum absolute atomic E-state index is 12.1. The van der Waals surface area contributed by atoms with E-state index in [1.54, 1.807) is 25.1 Å². The number of unbranched alkanes of at least 4 members (excludes halogenated alkanes) is 3. The van der Waals surface area contributed by atoms with Crippen LogP contribution in [-0.2, 0) is 4.74 Å². The largest absolute Gasteiger partial charge is 0.370 e. The Balaban J connectivity index is 2.47. The number of halogens is 2. The summed E-state index contributed by atoms with van der Waals surface area (Å²) in [7, 11) is 0. The summed E-state index contributed by atoms with van der Waals surface area (Å²) in [6, 6.07) is 4.88. The van der Waals surface area contributed by atoms with Crippen LogP contribution in [0, 0.1) is 0 Å². The summed E-state index contributed by atoms with van der Waals surface area (Å²) in [6.07, 6.45) is 4.04. The molecular formula is C15H20Cl2O2. The Morgan fingerprint density at radius 3 is 2.63 bits per heavy atom. The van der Waals surface area contributed by atoms with Gasteiger partial charge in [-0.15, -0.1) is 0 Å². The van der Waals surface area contributed by atoms with Gasteiger partial charge in [-0.25, -0.2) is 0 Å². The number of carbonyl (C=O) groups excluding carboxylic acids is 1. The zero-order valence-corrected chi connectivity index (χ0v) is 12.9. The Labute approximate surface area is 125 Å². The van der Waals surface area contributed by atoms with Crippen molar-refractivity contribution >= 4 is 29.0 Å². The highest BCUT2D eigenvalue weighted by molar-refractivity contribution is 6.37. The Morgan fingerprint density at radius 2 is 2.00 bits per heavy atom. The molecule has 0 N–H and O–H groups in total. The van der Waals surface area contributed by atoms with Gasteiger partial charge in [0, 0.05) is 17.2 Å². The van der Waals surface area contributed by atoms with Crippen LogP contribution >= 0.6 is 23.2 Å². The molecule has 1 rings (SSSR count). The van der Waals surface area contributed by atoms with Crippen molar-refractivity contribution in [3.63, 3.8) is 0 Å². The molecule has 0 aliphatic carbocycles. The van der Waals surface area contributed by atoms with Crippen LogP contribution < -0.4 is 0 Å². The van der Waals surface area contributed by atoms with Crippen molar-refractivity contribution < 1.29 is 9.53 Å². The van der Waals surface area contributed by atoms with Gasteiger partial charge in [0.15, 0.2) is 5.78 Å². The van der Waals surface area contributed by atoms with Gasteiger partial charge in [-0.05, 0) is 31.5 Å². The summed E-state index contributed by atoms with van der Waals surface area (Å²) in [5.41, 5.74) is 0.465. The van der Waals surface area contributed by atoms with E-state index in [1.807, 2.05) is 0 Å². The van der Waals surface area contributed by atoms with Crippen LogP contribution in [0.5, 0.6) is 0 Å². The van der Waals surface area contributed by atoms with Crippen LogP contribution in [0.4, 0.5) is 0 Å². The predicted octanol–water partition coefficient (Wildman–Crippen LogP) is 5.16. The molecule has 1 aromatic rings. The molecule has 19 heavy (non-hydrogen) atoms. The molecule has 0 bridgehead atoms. The summed E-state index contributed by atoms with van der Waals surface area (Å²) < 4.78 is 5.55. The van der Waals surface area contributed by atoms with Crippen molar-refractivity contribution in [2.75, 3.05) is 6.61 Å². The molecule has 2 nitrogen and oxygen atoms in total. The van der Waals surface area contributed by atoms with Gasteiger partial charge in [0.1, 0.15) is 6.10 Å². The van der Waals surface area contributed by atoms with Crippen LogP contribution in [-0.4, -0.2) is 18.5 Å².